The van der Waals surface area contributed by atoms with Crippen molar-refractivity contribution in [2.75, 3.05) is 0 Å². The average Bonchev–Trinajstić information content (AvgIpc) is 2.90. The van der Waals surface area contributed by atoms with Gasteiger partial charge in [0.25, 0.3) is 0 Å². The summed E-state index contributed by atoms with van der Waals surface area (Å²) >= 11 is 0. The van der Waals surface area contributed by atoms with Crippen molar-refractivity contribution >= 4 is 11.7 Å². The van der Waals surface area contributed by atoms with Gasteiger partial charge in [0.05, 0.1) is 0 Å². The van der Waals surface area contributed by atoms with Crippen molar-refractivity contribution in [1.29, 1.82) is 0 Å². The summed E-state index contributed by atoms with van der Waals surface area (Å²) in [5.41, 5.74) is 8.89. The minimum Gasteiger partial charge on any atom is -0.369 e. The maximum atomic E-state index is 12.4. The second kappa shape index (κ2) is 4.93. The molecular formula is C17H15NO2. The molecule has 100 valence electrons. The number of fused-ring (bicyclic) bond motifs is 1. The van der Waals surface area contributed by atoms with Crippen LogP contribution in [-0.2, 0) is 17.6 Å². The zero-order valence-electron chi connectivity index (χ0n) is 11.0. The van der Waals surface area contributed by atoms with Gasteiger partial charge in [-0.3, -0.25) is 9.59 Å². The van der Waals surface area contributed by atoms with Crippen LogP contribution in [0.5, 0.6) is 0 Å². The Kier molecular flexibility index (Phi) is 3.11. The van der Waals surface area contributed by atoms with Crippen molar-refractivity contribution in [2.24, 2.45) is 11.7 Å². The van der Waals surface area contributed by atoms with Crippen molar-refractivity contribution in [3.05, 3.63) is 70.8 Å². The van der Waals surface area contributed by atoms with Gasteiger partial charge in [-0.2, -0.15) is 0 Å². The largest absolute Gasteiger partial charge is 0.369 e. The van der Waals surface area contributed by atoms with E-state index < -0.39 is 0 Å². The fourth-order valence-corrected chi connectivity index (χ4v) is 2.72. The Hall–Kier alpha value is -2.42. The van der Waals surface area contributed by atoms with Gasteiger partial charge in [-0.25, -0.2) is 0 Å². The molecule has 0 aliphatic heterocycles. The van der Waals surface area contributed by atoms with E-state index >= 15 is 0 Å². The molecule has 20 heavy (non-hydrogen) atoms. The maximum absolute atomic E-state index is 12.4. The Labute approximate surface area is 117 Å². The van der Waals surface area contributed by atoms with Gasteiger partial charge in [-0.15, -0.1) is 0 Å². The first-order valence-corrected chi connectivity index (χ1v) is 6.66. The number of ketones is 1. The molecule has 3 heteroatoms. The Morgan fingerprint density at radius 3 is 2.30 bits per heavy atom. The molecule has 1 amide bonds. The molecule has 0 saturated carbocycles. The van der Waals surface area contributed by atoms with Crippen LogP contribution in [0.3, 0.4) is 0 Å². The van der Waals surface area contributed by atoms with Crippen molar-refractivity contribution < 1.29 is 9.59 Å². The van der Waals surface area contributed by atoms with Crippen LogP contribution in [0.2, 0.25) is 0 Å². The van der Waals surface area contributed by atoms with Crippen LogP contribution in [0, 0.1) is 5.92 Å². The minimum atomic E-state index is -0.267. The van der Waals surface area contributed by atoms with E-state index in [2.05, 4.69) is 0 Å². The molecule has 0 saturated heterocycles. The number of carbonyl (C=O) groups is 2. The van der Waals surface area contributed by atoms with Crippen LogP contribution in [0.1, 0.15) is 27.0 Å². The average molecular weight is 265 g/mol. The molecule has 1 atom stereocenters. The lowest BCUT2D eigenvalue weighted by Crippen LogP contribution is -2.23. The Morgan fingerprint density at radius 1 is 0.900 bits per heavy atom. The molecule has 2 aromatic carbocycles. The van der Waals surface area contributed by atoms with Gasteiger partial charge in [0.1, 0.15) is 0 Å². The number of benzene rings is 2. The molecule has 0 heterocycles. The molecule has 0 spiro atoms. The highest BCUT2D eigenvalue weighted by Crippen LogP contribution is 2.28. The lowest BCUT2D eigenvalue weighted by atomic mass is 9.99. The summed E-state index contributed by atoms with van der Waals surface area (Å²) < 4.78 is 0. The third kappa shape index (κ3) is 2.23. The fourth-order valence-electron chi connectivity index (χ4n) is 2.72. The lowest BCUT2D eigenvalue weighted by molar-refractivity contribution is -0.121. The maximum Gasteiger partial charge on any atom is 0.221 e. The van der Waals surface area contributed by atoms with E-state index in [0.717, 1.165) is 11.1 Å². The van der Waals surface area contributed by atoms with E-state index in [9.17, 15) is 9.59 Å². The van der Waals surface area contributed by atoms with Gasteiger partial charge < -0.3 is 5.73 Å². The molecule has 2 aromatic rings. The number of hydrogen-bond acceptors (Lipinski definition) is 2. The fraction of sp³-hybridized carbons (Fsp3) is 0.176. The molecule has 3 nitrogen and oxygen atoms in total. The van der Waals surface area contributed by atoms with Crippen LogP contribution in [0.15, 0.2) is 48.5 Å². The Bertz CT molecular complexity index is 677. The van der Waals surface area contributed by atoms with E-state index in [0.29, 0.717) is 24.0 Å². The molecular weight excluding hydrogens is 250 g/mol. The van der Waals surface area contributed by atoms with Gasteiger partial charge in [0, 0.05) is 17.0 Å². The molecule has 2 N–H and O–H groups in total. The third-order valence-electron chi connectivity index (χ3n) is 3.84. The molecule has 3 rings (SSSR count). The van der Waals surface area contributed by atoms with Gasteiger partial charge >= 0.3 is 0 Å². The summed E-state index contributed by atoms with van der Waals surface area (Å²) in [6, 6.07) is 14.9. The van der Waals surface area contributed by atoms with Gasteiger partial charge in [-0.05, 0) is 30.0 Å². The second-order valence-electron chi connectivity index (χ2n) is 5.19. The predicted molar refractivity (Wildman–Crippen MR) is 76.4 cm³/mol. The number of nitrogens with two attached hydrogens (primary N) is 1. The summed E-state index contributed by atoms with van der Waals surface area (Å²) in [5, 5.41) is 0. The summed E-state index contributed by atoms with van der Waals surface area (Å²) in [7, 11) is 0. The first-order chi connectivity index (χ1) is 9.65. The lowest BCUT2D eigenvalue weighted by Gasteiger charge is -2.04. The SMILES string of the molecule is NC(=O)C1Cc2ccc(C(=O)c3ccccc3)cc2C1. The summed E-state index contributed by atoms with van der Waals surface area (Å²) in [5.74, 6) is -0.389. The van der Waals surface area contributed by atoms with Crippen LogP contribution < -0.4 is 5.73 Å². The zero-order chi connectivity index (χ0) is 14.1. The molecule has 0 radical (unpaired) electrons. The van der Waals surface area contributed by atoms with Gasteiger partial charge in [-0.1, -0.05) is 42.5 Å². The molecule has 0 aromatic heterocycles. The van der Waals surface area contributed by atoms with Crippen molar-refractivity contribution in [2.45, 2.75) is 12.8 Å². The first kappa shape index (κ1) is 12.6. The molecule has 0 bridgehead atoms. The Morgan fingerprint density at radius 2 is 1.60 bits per heavy atom. The molecule has 0 fully saturated rings. The zero-order valence-corrected chi connectivity index (χ0v) is 11.0. The highest BCUT2D eigenvalue weighted by molar-refractivity contribution is 6.09. The number of amides is 1. The third-order valence-corrected chi connectivity index (χ3v) is 3.84. The van der Waals surface area contributed by atoms with Crippen molar-refractivity contribution in [1.82, 2.24) is 0 Å². The standard InChI is InChI=1S/C17H15NO2/c18-17(20)15-8-12-6-7-13(9-14(12)10-15)16(19)11-4-2-1-3-5-11/h1-7,9,15H,8,10H2,(H2,18,20). The van der Waals surface area contributed by atoms with E-state index in [1.165, 1.54) is 0 Å². The van der Waals surface area contributed by atoms with Crippen LogP contribution >= 0.6 is 0 Å². The monoisotopic (exact) mass is 265 g/mol. The highest BCUT2D eigenvalue weighted by atomic mass is 16.1. The number of carbonyl (C=O) groups excluding carboxylic acids is 2. The quantitative estimate of drug-likeness (QED) is 0.864. The van der Waals surface area contributed by atoms with E-state index in [1.54, 1.807) is 0 Å². The van der Waals surface area contributed by atoms with Crippen molar-refractivity contribution in [3.63, 3.8) is 0 Å². The van der Waals surface area contributed by atoms with Crippen LogP contribution in [0.4, 0.5) is 0 Å². The predicted octanol–water partition coefficient (Wildman–Crippen LogP) is 2.12. The topological polar surface area (TPSA) is 60.2 Å². The first-order valence-electron chi connectivity index (χ1n) is 6.66. The normalized spacial score (nSPS) is 16.7. The van der Waals surface area contributed by atoms with Gasteiger partial charge in [0.15, 0.2) is 5.78 Å². The van der Waals surface area contributed by atoms with Crippen LogP contribution in [-0.4, -0.2) is 11.7 Å². The summed E-state index contributed by atoms with van der Waals surface area (Å²) in [6.07, 6.45) is 1.32. The van der Waals surface area contributed by atoms with E-state index in [4.69, 9.17) is 5.73 Å². The molecule has 1 aliphatic rings. The number of hydrogen-bond donors (Lipinski definition) is 1. The number of rotatable bonds is 3. The Balaban J connectivity index is 1.90. The van der Waals surface area contributed by atoms with Crippen molar-refractivity contribution in [3.8, 4) is 0 Å². The van der Waals surface area contributed by atoms with E-state index in [1.807, 2.05) is 48.5 Å². The van der Waals surface area contributed by atoms with E-state index in [-0.39, 0.29) is 17.6 Å². The number of primary amides is 1. The second-order valence-corrected chi connectivity index (χ2v) is 5.19. The molecule has 1 aliphatic carbocycles. The molecule has 1 unspecified atom stereocenters. The smallest absolute Gasteiger partial charge is 0.221 e. The summed E-state index contributed by atoms with van der Waals surface area (Å²) in [6.45, 7) is 0. The summed E-state index contributed by atoms with van der Waals surface area (Å²) in [4.78, 5) is 23.6. The van der Waals surface area contributed by atoms with Gasteiger partial charge in [0.2, 0.25) is 5.91 Å². The minimum absolute atomic E-state index is 0.0101. The highest BCUT2D eigenvalue weighted by Gasteiger charge is 2.26. The van der Waals surface area contributed by atoms with Crippen LogP contribution in [0.25, 0.3) is 0 Å².